The van der Waals surface area contributed by atoms with Crippen molar-refractivity contribution >= 4 is 21.8 Å². The third-order valence-corrected chi connectivity index (χ3v) is 8.14. The van der Waals surface area contributed by atoms with Crippen LogP contribution in [0, 0.1) is 11.8 Å². The van der Waals surface area contributed by atoms with Gasteiger partial charge in [0.05, 0.1) is 10.5 Å². The van der Waals surface area contributed by atoms with Gasteiger partial charge in [-0.25, -0.2) is 13.6 Å². The van der Waals surface area contributed by atoms with Gasteiger partial charge in [-0.3, -0.25) is 9.59 Å². The maximum absolute atomic E-state index is 13.3. The largest absolute Gasteiger partial charge is 0.416 e. The van der Waals surface area contributed by atoms with E-state index in [0.29, 0.717) is 36.1 Å². The second-order valence-electron chi connectivity index (χ2n) is 9.99. The number of amides is 2. The molecule has 1 fully saturated rings. The lowest BCUT2D eigenvalue weighted by molar-refractivity contribution is -0.140. The predicted molar refractivity (Wildman–Crippen MR) is 144 cm³/mol. The van der Waals surface area contributed by atoms with Crippen molar-refractivity contribution in [2.24, 2.45) is 17.0 Å². The molecule has 11 heteroatoms. The standard InChI is InChI=1S/C29H30F3N3O4S/c1-35(18-20-9-13-21(14-10-20)23-5-2-3-8-26(23)40(33,38)39)28(37)25-7-4-6-24(25)27(36)34-17-19-11-15-22(16-12-19)29(30,31)32/h2-3,5,8-16,24-25H,4,6-7,17-18H2,1H3,(H,34,36)(H2,33,38,39)/t24-,25-/m0/s1. The minimum atomic E-state index is -4.42. The normalized spacial score (nSPS) is 17.4. The molecule has 1 aliphatic carbocycles. The zero-order valence-corrected chi connectivity index (χ0v) is 22.6. The van der Waals surface area contributed by atoms with Gasteiger partial charge >= 0.3 is 6.18 Å². The van der Waals surface area contributed by atoms with E-state index in [2.05, 4.69) is 5.32 Å². The number of hydrogen-bond donors (Lipinski definition) is 2. The van der Waals surface area contributed by atoms with Gasteiger partial charge in [0.1, 0.15) is 0 Å². The molecule has 0 heterocycles. The average molecular weight is 574 g/mol. The molecule has 0 aromatic heterocycles. The van der Waals surface area contributed by atoms with Crippen molar-refractivity contribution in [1.82, 2.24) is 10.2 Å². The number of hydrogen-bond acceptors (Lipinski definition) is 4. The summed E-state index contributed by atoms with van der Waals surface area (Å²) in [5.41, 5.74) is 1.76. The molecule has 0 unspecified atom stereocenters. The van der Waals surface area contributed by atoms with E-state index < -0.39 is 33.6 Å². The Morgan fingerprint density at radius 1 is 0.925 bits per heavy atom. The van der Waals surface area contributed by atoms with Crippen LogP contribution in [-0.2, 0) is 38.9 Å². The first-order valence-electron chi connectivity index (χ1n) is 12.7. The van der Waals surface area contributed by atoms with Crippen LogP contribution in [0.2, 0.25) is 0 Å². The van der Waals surface area contributed by atoms with E-state index in [1.54, 1.807) is 42.3 Å². The Morgan fingerprint density at radius 3 is 2.15 bits per heavy atom. The molecule has 0 bridgehead atoms. The average Bonchev–Trinajstić information content (AvgIpc) is 3.41. The van der Waals surface area contributed by atoms with Gasteiger partial charge in [-0.1, -0.05) is 61.0 Å². The van der Waals surface area contributed by atoms with Crippen molar-refractivity contribution in [2.75, 3.05) is 7.05 Å². The SMILES string of the molecule is CN(Cc1ccc(-c2ccccc2S(N)(=O)=O)cc1)C(=O)[C@H]1CCC[C@@H]1C(=O)NCc1ccc(C(F)(F)F)cc1. The van der Waals surface area contributed by atoms with Crippen LogP contribution in [0.1, 0.15) is 36.0 Å². The summed E-state index contributed by atoms with van der Waals surface area (Å²) in [6, 6.07) is 18.2. The highest BCUT2D eigenvalue weighted by Crippen LogP contribution is 2.34. The van der Waals surface area contributed by atoms with Crippen LogP contribution >= 0.6 is 0 Å². The molecule has 2 atom stereocenters. The van der Waals surface area contributed by atoms with Crippen molar-refractivity contribution in [1.29, 1.82) is 0 Å². The fraction of sp³-hybridized carbons (Fsp3) is 0.310. The van der Waals surface area contributed by atoms with Gasteiger partial charge < -0.3 is 10.2 Å². The molecule has 3 aromatic rings. The Labute approximate surface area is 231 Å². The fourth-order valence-electron chi connectivity index (χ4n) is 5.08. The predicted octanol–water partition coefficient (Wildman–Crippen LogP) is 4.71. The molecular formula is C29H30F3N3O4S. The maximum Gasteiger partial charge on any atom is 0.416 e. The number of nitrogens with one attached hydrogen (secondary N) is 1. The summed E-state index contributed by atoms with van der Waals surface area (Å²) in [6.07, 6.45) is -2.57. The minimum absolute atomic E-state index is 0.0268. The summed E-state index contributed by atoms with van der Waals surface area (Å²) in [5.74, 6) is -1.45. The molecule has 3 aromatic carbocycles. The third kappa shape index (κ3) is 6.89. The summed E-state index contributed by atoms with van der Waals surface area (Å²) in [5, 5.41) is 8.11. The smallest absolute Gasteiger partial charge is 0.352 e. The quantitative estimate of drug-likeness (QED) is 0.407. The summed E-state index contributed by atoms with van der Waals surface area (Å²) < 4.78 is 62.2. The van der Waals surface area contributed by atoms with Crippen molar-refractivity contribution in [3.05, 3.63) is 89.5 Å². The molecule has 3 N–H and O–H groups in total. The summed E-state index contributed by atoms with van der Waals surface area (Å²) >= 11 is 0. The molecule has 40 heavy (non-hydrogen) atoms. The number of carbonyl (C=O) groups excluding carboxylic acids is 2. The second-order valence-corrected chi connectivity index (χ2v) is 11.5. The van der Waals surface area contributed by atoms with Crippen LogP contribution in [0.15, 0.2) is 77.7 Å². The van der Waals surface area contributed by atoms with E-state index in [4.69, 9.17) is 5.14 Å². The molecule has 212 valence electrons. The first-order valence-corrected chi connectivity index (χ1v) is 14.3. The van der Waals surface area contributed by atoms with Gasteiger partial charge in [0.25, 0.3) is 0 Å². The Kier molecular flexibility index (Phi) is 8.65. The lowest BCUT2D eigenvalue weighted by Crippen LogP contribution is -2.40. The van der Waals surface area contributed by atoms with Gasteiger partial charge in [0.15, 0.2) is 0 Å². The molecule has 2 amide bonds. The number of rotatable bonds is 8. The number of alkyl halides is 3. The fourth-order valence-corrected chi connectivity index (χ4v) is 5.84. The van der Waals surface area contributed by atoms with Crippen molar-refractivity contribution in [3.8, 4) is 11.1 Å². The second kappa shape index (κ2) is 11.8. The van der Waals surface area contributed by atoms with Crippen LogP contribution in [-0.4, -0.2) is 32.2 Å². The van der Waals surface area contributed by atoms with Crippen LogP contribution in [0.25, 0.3) is 11.1 Å². The van der Waals surface area contributed by atoms with Gasteiger partial charge in [-0.05, 0) is 47.7 Å². The van der Waals surface area contributed by atoms with E-state index >= 15 is 0 Å². The number of sulfonamides is 1. The molecule has 1 saturated carbocycles. The molecule has 4 rings (SSSR count). The van der Waals surface area contributed by atoms with E-state index in [-0.39, 0.29) is 23.3 Å². The zero-order chi connectivity index (χ0) is 29.1. The molecule has 7 nitrogen and oxygen atoms in total. The van der Waals surface area contributed by atoms with E-state index in [1.165, 1.54) is 18.2 Å². The topological polar surface area (TPSA) is 110 Å². The van der Waals surface area contributed by atoms with E-state index in [0.717, 1.165) is 24.1 Å². The Hall–Kier alpha value is -3.70. The Morgan fingerprint density at radius 2 is 1.52 bits per heavy atom. The Balaban J connectivity index is 1.36. The van der Waals surface area contributed by atoms with Crippen LogP contribution in [0.3, 0.4) is 0 Å². The van der Waals surface area contributed by atoms with Crippen LogP contribution < -0.4 is 10.5 Å². The third-order valence-electron chi connectivity index (χ3n) is 7.17. The molecule has 0 saturated heterocycles. The minimum Gasteiger partial charge on any atom is -0.352 e. The number of primary sulfonamides is 1. The number of halogens is 3. The van der Waals surface area contributed by atoms with Crippen molar-refractivity contribution in [2.45, 2.75) is 43.4 Å². The molecular weight excluding hydrogens is 543 g/mol. The van der Waals surface area contributed by atoms with Crippen LogP contribution in [0.5, 0.6) is 0 Å². The van der Waals surface area contributed by atoms with Crippen LogP contribution in [0.4, 0.5) is 13.2 Å². The molecule has 0 spiro atoms. The molecule has 1 aliphatic rings. The lowest BCUT2D eigenvalue weighted by Gasteiger charge is -2.25. The number of carbonyl (C=O) groups is 2. The summed E-state index contributed by atoms with van der Waals surface area (Å²) in [4.78, 5) is 27.8. The first kappa shape index (κ1) is 29.3. The maximum atomic E-state index is 13.3. The van der Waals surface area contributed by atoms with Crippen molar-refractivity contribution < 1.29 is 31.2 Å². The number of nitrogens with zero attached hydrogens (tertiary/aromatic N) is 1. The van der Waals surface area contributed by atoms with Gasteiger partial charge in [-0.2, -0.15) is 13.2 Å². The Bertz CT molecular complexity index is 1470. The number of nitrogens with two attached hydrogens (primary N) is 1. The highest BCUT2D eigenvalue weighted by atomic mass is 32.2. The highest BCUT2D eigenvalue weighted by molar-refractivity contribution is 7.89. The van der Waals surface area contributed by atoms with Gasteiger partial charge in [0.2, 0.25) is 21.8 Å². The summed E-state index contributed by atoms with van der Waals surface area (Å²) in [7, 11) is -2.23. The lowest BCUT2D eigenvalue weighted by atomic mass is 9.93. The summed E-state index contributed by atoms with van der Waals surface area (Å²) in [6.45, 7) is 0.373. The molecule has 0 radical (unpaired) electrons. The molecule has 0 aliphatic heterocycles. The monoisotopic (exact) mass is 573 g/mol. The van der Waals surface area contributed by atoms with E-state index in [9.17, 15) is 31.2 Å². The zero-order valence-electron chi connectivity index (χ0n) is 21.8. The van der Waals surface area contributed by atoms with Gasteiger partial charge in [0, 0.05) is 37.5 Å². The van der Waals surface area contributed by atoms with E-state index in [1.807, 2.05) is 12.1 Å². The number of benzene rings is 3. The van der Waals surface area contributed by atoms with Gasteiger partial charge in [-0.15, -0.1) is 0 Å². The van der Waals surface area contributed by atoms with Crippen molar-refractivity contribution in [3.63, 3.8) is 0 Å². The first-order chi connectivity index (χ1) is 18.8. The highest BCUT2D eigenvalue weighted by Gasteiger charge is 2.39.